The lowest BCUT2D eigenvalue weighted by molar-refractivity contribution is -0.384. The third-order valence-corrected chi connectivity index (χ3v) is 3.65. The zero-order valence-corrected chi connectivity index (χ0v) is 15.8. The lowest BCUT2D eigenvalue weighted by atomic mass is 10.1. The van der Waals surface area contributed by atoms with E-state index >= 15 is 0 Å². The van der Waals surface area contributed by atoms with Gasteiger partial charge in [-0.1, -0.05) is 12.1 Å². The number of rotatable bonds is 7. The van der Waals surface area contributed by atoms with Crippen LogP contribution in [-0.4, -0.2) is 23.2 Å². The standard InChI is InChI=1S/C20H25N3O4/c1-20(2,3)27-19(24)22-17-10-8-16(9-11-17)21-14-4-5-15-6-12-18(13-7-15)23(25)26/h6-13,21H,4-5,14H2,1-3H3,(H,22,24). The molecule has 0 atom stereocenters. The Balaban J connectivity index is 1.73. The predicted molar refractivity (Wildman–Crippen MR) is 106 cm³/mol. The van der Waals surface area contributed by atoms with Crippen LogP contribution in [0, 0.1) is 10.1 Å². The fourth-order valence-electron chi connectivity index (χ4n) is 2.40. The summed E-state index contributed by atoms with van der Waals surface area (Å²) in [4.78, 5) is 22.0. The smallest absolute Gasteiger partial charge is 0.412 e. The average Bonchev–Trinajstić information content (AvgIpc) is 2.59. The number of aryl methyl sites for hydroxylation is 1. The van der Waals surface area contributed by atoms with E-state index in [1.54, 1.807) is 12.1 Å². The number of anilines is 2. The van der Waals surface area contributed by atoms with Crippen LogP contribution in [0.5, 0.6) is 0 Å². The molecule has 0 heterocycles. The largest absolute Gasteiger partial charge is 0.444 e. The summed E-state index contributed by atoms with van der Waals surface area (Å²) in [6, 6.07) is 14.0. The minimum Gasteiger partial charge on any atom is -0.444 e. The van der Waals surface area contributed by atoms with Crippen LogP contribution in [0.2, 0.25) is 0 Å². The lowest BCUT2D eigenvalue weighted by Crippen LogP contribution is -2.27. The maximum Gasteiger partial charge on any atom is 0.412 e. The molecule has 0 saturated heterocycles. The maximum atomic E-state index is 11.7. The number of nitrogens with one attached hydrogen (secondary N) is 2. The van der Waals surface area contributed by atoms with Crippen molar-refractivity contribution < 1.29 is 14.5 Å². The van der Waals surface area contributed by atoms with Crippen LogP contribution in [-0.2, 0) is 11.2 Å². The van der Waals surface area contributed by atoms with Crippen LogP contribution in [0.15, 0.2) is 48.5 Å². The highest BCUT2D eigenvalue weighted by atomic mass is 16.6. The van der Waals surface area contributed by atoms with Crippen molar-refractivity contribution in [3.63, 3.8) is 0 Å². The molecule has 2 N–H and O–H groups in total. The van der Waals surface area contributed by atoms with Crippen LogP contribution in [0.4, 0.5) is 21.9 Å². The lowest BCUT2D eigenvalue weighted by Gasteiger charge is -2.19. The highest BCUT2D eigenvalue weighted by Crippen LogP contribution is 2.16. The Labute approximate surface area is 158 Å². The highest BCUT2D eigenvalue weighted by molar-refractivity contribution is 5.85. The van der Waals surface area contributed by atoms with Crippen molar-refractivity contribution in [2.75, 3.05) is 17.2 Å². The summed E-state index contributed by atoms with van der Waals surface area (Å²) in [7, 11) is 0. The molecule has 0 aromatic heterocycles. The minimum atomic E-state index is -0.532. The molecule has 0 aliphatic carbocycles. The van der Waals surface area contributed by atoms with Crippen LogP contribution >= 0.6 is 0 Å². The van der Waals surface area contributed by atoms with E-state index in [1.165, 1.54) is 12.1 Å². The molecular formula is C20H25N3O4. The molecule has 144 valence electrons. The minimum absolute atomic E-state index is 0.108. The molecule has 0 spiro atoms. The Morgan fingerprint density at radius 1 is 1.04 bits per heavy atom. The van der Waals surface area contributed by atoms with Crippen molar-refractivity contribution in [1.82, 2.24) is 0 Å². The van der Waals surface area contributed by atoms with E-state index in [4.69, 9.17) is 4.74 Å². The van der Waals surface area contributed by atoms with Gasteiger partial charge in [-0.15, -0.1) is 0 Å². The summed E-state index contributed by atoms with van der Waals surface area (Å²) >= 11 is 0. The fraction of sp³-hybridized carbons (Fsp3) is 0.350. The highest BCUT2D eigenvalue weighted by Gasteiger charge is 2.16. The number of benzene rings is 2. The summed E-state index contributed by atoms with van der Waals surface area (Å²) in [6.07, 6.45) is 1.25. The second kappa shape index (κ2) is 9.02. The van der Waals surface area contributed by atoms with E-state index in [0.717, 1.165) is 30.6 Å². The van der Waals surface area contributed by atoms with Gasteiger partial charge in [0.05, 0.1) is 4.92 Å². The molecule has 7 heteroatoms. The van der Waals surface area contributed by atoms with E-state index in [1.807, 2.05) is 45.0 Å². The van der Waals surface area contributed by atoms with Crippen LogP contribution in [0.25, 0.3) is 0 Å². The average molecular weight is 371 g/mol. The maximum absolute atomic E-state index is 11.7. The number of hydrogen-bond donors (Lipinski definition) is 2. The molecule has 0 aliphatic rings. The monoisotopic (exact) mass is 371 g/mol. The van der Waals surface area contributed by atoms with E-state index in [2.05, 4.69) is 10.6 Å². The van der Waals surface area contributed by atoms with Crippen molar-refractivity contribution in [3.05, 3.63) is 64.2 Å². The first kappa shape index (κ1) is 20.2. The molecule has 2 rings (SSSR count). The number of carbonyl (C=O) groups excluding carboxylic acids is 1. The Hall–Kier alpha value is -3.09. The van der Waals surface area contributed by atoms with Gasteiger partial charge in [-0.2, -0.15) is 0 Å². The molecule has 0 unspecified atom stereocenters. The van der Waals surface area contributed by atoms with Crippen molar-refractivity contribution in [2.24, 2.45) is 0 Å². The summed E-state index contributed by atoms with van der Waals surface area (Å²) in [6.45, 7) is 6.22. The zero-order chi connectivity index (χ0) is 19.9. The topological polar surface area (TPSA) is 93.5 Å². The van der Waals surface area contributed by atoms with Gasteiger partial charge in [0, 0.05) is 30.1 Å². The number of nitrogens with zero attached hydrogens (tertiary/aromatic N) is 1. The molecule has 0 aliphatic heterocycles. The normalized spacial score (nSPS) is 10.9. The van der Waals surface area contributed by atoms with Gasteiger partial charge in [-0.3, -0.25) is 15.4 Å². The SMILES string of the molecule is CC(C)(C)OC(=O)Nc1ccc(NCCCc2ccc([N+](=O)[O-])cc2)cc1. The first-order chi connectivity index (χ1) is 12.7. The molecule has 2 aromatic carbocycles. The molecule has 1 amide bonds. The van der Waals surface area contributed by atoms with Gasteiger partial charge in [0.25, 0.3) is 5.69 Å². The second-order valence-electron chi connectivity index (χ2n) is 7.16. The van der Waals surface area contributed by atoms with E-state index in [0.29, 0.717) is 5.69 Å². The number of amides is 1. The first-order valence-electron chi connectivity index (χ1n) is 8.80. The van der Waals surface area contributed by atoms with Crippen molar-refractivity contribution >= 4 is 23.2 Å². The third-order valence-electron chi connectivity index (χ3n) is 3.65. The van der Waals surface area contributed by atoms with Gasteiger partial charge >= 0.3 is 6.09 Å². The number of hydrogen-bond acceptors (Lipinski definition) is 5. The zero-order valence-electron chi connectivity index (χ0n) is 15.8. The van der Waals surface area contributed by atoms with Gasteiger partial charge in [0.1, 0.15) is 5.60 Å². The molecule has 0 fully saturated rings. The van der Waals surface area contributed by atoms with Crippen LogP contribution in [0.3, 0.4) is 0 Å². The number of non-ortho nitro benzene ring substituents is 1. The number of nitro groups is 1. The first-order valence-corrected chi connectivity index (χ1v) is 8.80. The molecule has 7 nitrogen and oxygen atoms in total. The van der Waals surface area contributed by atoms with Gasteiger partial charge in [0.15, 0.2) is 0 Å². The molecule has 2 aromatic rings. The van der Waals surface area contributed by atoms with Crippen molar-refractivity contribution in [1.29, 1.82) is 0 Å². The number of ether oxygens (including phenoxy) is 1. The molecular weight excluding hydrogens is 346 g/mol. The number of carbonyl (C=O) groups is 1. The molecule has 27 heavy (non-hydrogen) atoms. The quantitative estimate of drug-likeness (QED) is 0.406. The fourth-order valence-corrected chi connectivity index (χ4v) is 2.40. The molecule has 0 bridgehead atoms. The summed E-state index contributed by atoms with van der Waals surface area (Å²) in [5, 5.41) is 16.6. The Kier molecular flexibility index (Phi) is 6.76. The van der Waals surface area contributed by atoms with E-state index < -0.39 is 16.6 Å². The van der Waals surface area contributed by atoms with Crippen LogP contribution in [0.1, 0.15) is 32.8 Å². The van der Waals surface area contributed by atoms with Gasteiger partial charge < -0.3 is 10.1 Å². The van der Waals surface area contributed by atoms with E-state index in [9.17, 15) is 14.9 Å². The van der Waals surface area contributed by atoms with Crippen molar-refractivity contribution in [3.8, 4) is 0 Å². The summed E-state index contributed by atoms with van der Waals surface area (Å²) in [5.74, 6) is 0. The Morgan fingerprint density at radius 2 is 1.63 bits per heavy atom. The number of nitro benzene ring substituents is 1. The van der Waals surface area contributed by atoms with E-state index in [-0.39, 0.29) is 5.69 Å². The second-order valence-corrected chi connectivity index (χ2v) is 7.16. The van der Waals surface area contributed by atoms with Crippen LogP contribution < -0.4 is 10.6 Å². The summed E-state index contributed by atoms with van der Waals surface area (Å²) in [5.41, 5.74) is 2.26. The van der Waals surface area contributed by atoms with Gasteiger partial charge in [-0.05, 0) is 63.4 Å². The van der Waals surface area contributed by atoms with Gasteiger partial charge in [-0.25, -0.2) is 4.79 Å². The molecule has 0 saturated carbocycles. The summed E-state index contributed by atoms with van der Waals surface area (Å²) < 4.78 is 5.21. The Morgan fingerprint density at radius 3 is 2.19 bits per heavy atom. The van der Waals surface area contributed by atoms with Gasteiger partial charge in [0.2, 0.25) is 0 Å². The van der Waals surface area contributed by atoms with Crippen molar-refractivity contribution in [2.45, 2.75) is 39.2 Å². The molecule has 0 radical (unpaired) electrons. The third kappa shape index (κ3) is 7.35. The predicted octanol–water partition coefficient (Wildman–Crippen LogP) is 4.99. The Bertz CT molecular complexity index is 765.